The van der Waals surface area contributed by atoms with Crippen LogP contribution in [0.25, 0.3) is 6.08 Å². The second-order valence-electron chi connectivity index (χ2n) is 5.67. The third-order valence-corrected chi connectivity index (χ3v) is 5.35. The van der Waals surface area contributed by atoms with Gasteiger partial charge in [0.25, 0.3) is 5.91 Å². The molecule has 0 saturated carbocycles. The summed E-state index contributed by atoms with van der Waals surface area (Å²) in [5.74, 6) is -0.766. The highest BCUT2D eigenvalue weighted by Gasteiger charge is 2.24. The maximum absolute atomic E-state index is 12.3. The molecule has 0 aromatic heterocycles. The van der Waals surface area contributed by atoms with Gasteiger partial charge in [0.2, 0.25) is 0 Å². The highest BCUT2D eigenvalue weighted by atomic mass is 79.9. The van der Waals surface area contributed by atoms with Crippen LogP contribution in [-0.2, 0) is 9.59 Å². The lowest BCUT2D eigenvalue weighted by atomic mass is 10.2. The summed E-state index contributed by atoms with van der Waals surface area (Å²) in [5.41, 5.74) is 1.34. The summed E-state index contributed by atoms with van der Waals surface area (Å²) in [7, 11) is 1.44. The number of thioether (sulfide) groups is 1. The number of hydrogen-bond acceptors (Lipinski definition) is 6. The fourth-order valence-electron chi connectivity index (χ4n) is 2.36. The number of nitrogens with zero attached hydrogens (tertiary/aromatic N) is 1. The number of hydrogen-bond donors (Lipinski definition) is 2. The van der Waals surface area contributed by atoms with Crippen LogP contribution < -0.4 is 14.8 Å². The molecule has 3 rings (SSSR count). The van der Waals surface area contributed by atoms with Gasteiger partial charge in [-0.1, -0.05) is 11.6 Å². The molecule has 2 N–H and O–H groups in total. The lowest BCUT2D eigenvalue weighted by molar-refractivity contribution is -0.139. The zero-order chi connectivity index (χ0) is 21.0. The van der Waals surface area contributed by atoms with Crippen molar-refractivity contribution in [1.82, 2.24) is 5.32 Å². The van der Waals surface area contributed by atoms with Gasteiger partial charge in [0.15, 0.2) is 23.3 Å². The number of rotatable bonds is 6. The van der Waals surface area contributed by atoms with Crippen molar-refractivity contribution >= 4 is 68.1 Å². The number of ether oxygens (including phenoxy) is 2. The molecule has 2 aromatic carbocycles. The molecule has 1 heterocycles. The molecule has 0 atom stereocenters. The van der Waals surface area contributed by atoms with Crippen molar-refractivity contribution in [3.63, 3.8) is 0 Å². The molecule has 1 saturated heterocycles. The molecule has 29 heavy (non-hydrogen) atoms. The molecular weight excluding hydrogens is 484 g/mol. The number of carboxylic acid groups (broad SMARTS) is 1. The predicted octanol–water partition coefficient (Wildman–Crippen LogP) is 4.47. The Labute approximate surface area is 183 Å². The SMILES string of the molecule is COc1cc(/C=C2\SC(=Nc3ccc(Cl)cc3)NC2=O)cc(Br)c1OCC(=O)O. The topological polar surface area (TPSA) is 97.2 Å². The second kappa shape index (κ2) is 9.34. The number of amidine groups is 1. The van der Waals surface area contributed by atoms with Gasteiger partial charge in [0.05, 0.1) is 22.2 Å². The Bertz CT molecular complexity index is 1020. The third-order valence-electron chi connectivity index (χ3n) is 3.60. The van der Waals surface area contributed by atoms with E-state index < -0.39 is 12.6 Å². The minimum Gasteiger partial charge on any atom is -0.493 e. The number of amides is 1. The first-order valence-electron chi connectivity index (χ1n) is 8.13. The standard InChI is InChI=1S/C19H14BrClN2O5S/c1-27-14-7-10(6-13(20)17(14)28-9-16(24)25)8-15-18(26)23-19(29-15)22-12-4-2-11(21)3-5-12/h2-8H,9H2,1H3,(H,24,25)(H,22,23,26)/b15-8-. The van der Waals surface area contributed by atoms with E-state index in [1.807, 2.05) is 0 Å². The van der Waals surface area contributed by atoms with Crippen molar-refractivity contribution in [3.05, 3.63) is 56.4 Å². The Hall–Kier alpha value is -2.49. The Balaban J connectivity index is 1.84. The first-order chi connectivity index (χ1) is 13.9. The number of methoxy groups -OCH3 is 1. The Morgan fingerprint density at radius 3 is 2.72 bits per heavy atom. The van der Waals surface area contributed by atoms with E-state index in [0.29, 0.717) is 36.6 Å². The summed E-state index contributed by atoms with van der Waals surface area (Å²) in [4.78, 5) is 27.9. The van der Waals surface area contributed by atoms with Crippen LogP contribution in [0.1, 0.15) is 5.56 Å². The lowest BCUT2D eigenvalue weighted by Crippen LogP contribution is -2.19. The average Bonchev–Trinajstić information content (AvgIpc) is 3.01. The zero-order valence-corrected chi connectivity index (χ0v) is 18.1. The first kappa shape index (κ1) is 21.2. The van der Waals surface area contributed by atoms with E-state index in [4.69, 9.17) is 26.2 Å². The monoisotopic (exact) mass is 496 g/mol. The van der Waals surface area contributed by atoms with Crippen LogP contribution in [0.2, 0.25) is 5.02 Å². The van der Waals surface area contributed by atoms with E-state index in [0.717, 1.165) is 0 Å². The molecular formula is C19H14BrClN2O5S. The van der Waals surface area contributed by atoms with E-state index in [2.05, 4.69) is 26.2 Å². The van der Waals surface area contributed by atoms with E-state index in [-0.39, 0.29) is 11.7 Å². The number of benzene rings is 2. The van der Waals surface area contributed by atoms with Crippen LogP contribution in [0.3, 0.4) is 0 Å². The summed E-state index contributed by atoms with van der Waals surface area (Å²) in [5, 5.41) is 12.6. The number of carboxylic acids is 1. The summed E-state index contributed by atoms with van der Waals surface area (Å²) < 4.78 is 11.0. The number of carbonyl (C=O) groups excluding carboxylic acids is 1. The van der Waals surface area contributed by atoms with Crippen molar-refractivity contribution in [2.45, 2.75) is 0 Å². The third kappa shape index (κ3) is 5.53. The zero-order valence-electron chi connectivity index (χ0n) is 14.9. The minimum absolute atomic E-state index is 0.269. The molecule has 0 spiro atoms. The van der Waals surface area contributed by atoms with Crippen molar-refractivity contribution in [2.24, 2.45) is 4.99 Å². The summed E-state index contributed by atoms with van der Waals surface area (Å²) in [6.07, 6.45) is 1.68. The van der Waals surface area contributed by atoms with Gasteiger partial charge < -0.3 is 19.9 Å². The van der Waals surface area contributed by atoms with Crippen molar-refractivity contribution in [3.8, 4) is 11.5 Å². The number of aliphatic imine (C=N–C) groups is 1. The van der Waals surface area contributed by atoms with E-state index in [1.165, 1.54) is 18.9 Å². The Morgan fingerprint density at radius 1 is 1.34 bits per heavy atom. The molecule has 150 valence electrons. The average molecular weight is 498 g/mol. The predicted molar refractivity (Wildman–Crippen MR) is 116 cm³/mol. The largest absolute Gasteiger partial charge is 0.493 e. The molecule has 1 aliphatic heterocycles. The first-order valence-corrected chi connectivity index (χ1v) is 10.1. The van der Waals surface area contributed by atoms with Crippen molar-refractivity contribution in [1.29, 1.82) is 0 Å². The molecule has 1 aliphatic rings. The van der Waals surface area contributed by atoms with E-state index in [1.54, 1.807) is 42.5 Å². The molecule has 0 unspecified atom stereocenters. The number of nitrogens with one attached hydrogen (secondary N) is 1. The van der Waals surface area contributed by atoms with Gasteiger partial charge >= 0.3 is 5.97 Å². The van der Waals surface area contributed by atoms with E-state index >= 15 is 0 Å². The molecule has 10 heteroatoms. The Morgan fingerprint density at radius 2 is 2.07 bits per heavy atom. The molecule has 0 aliphatic carbocycles. The quantitative estimate of drug-likeness (QED) is 0.572. The molecule has 2 aromatic rings. The fraction of sp³-hybridized carbons (Fsp3) is 0.105. The number of carbonyl (C=O) groups is 2. The highest BCUT2D eigenvalue weighted by Crippen LogP contribution is 2.38. The Kier molecular flexibility index (Phi) is 6.83. The number of halogens is 2. The molecule has 1 fully saturated rings. The summed E-state index contributed by atoms with van der Waals surface area (Å²) >= 11 is 10.4. The smallest absolute Gasteiger partial charge is 0.341 e. The van der Waals surface area contributed by atoms with Crippen LogP contribution in [0.5, 0.6) is 11.5 Å². The summed E-state index contributed by atoms with van der Waals surface area (Å²) in [6.45, 7) is -0.502. The van der Waals surface area contributed by atoms with Gasteiger partial charge in [-0.2, -0.15) is 0 Å². The molecule has 0 bridgehead atoms. The van der Waals surface area contributed by atoms with E-state index in [9.17, 15) is 9.59 Å². The molecule has 0 radical (unpaired) electrons. The normalized spacial score (nSPS) is 16.2. The number of aliphatic carboxylic acids is 1. The van der Waals surface area contributed by atoms with Crippen LogP contribution in [0.15, 0.2) is 50.8 Å². The van der Waals surface area contributed by atoms with Crippen LogP contribution >= 0.6 is 39.3 Å². The van der Waals surface area contributed by atoms with Crippen LogP contribution in [-0.4, -0.2) is 35.9 Å². The maximum Gasteiger partial charge on any atom is 0.341 e. The lowest BCUT2D eigenvalue weighted by Gasteiger charge is -2.12. The summed E-state index contributed by atoms with van der Waals surface area (Å²) in [6, 6.07) is 10.3. The molecule has 1 amide bonds. The van der Waals surface area contributed by atoms with Crippen molar-refractivity contribution < 1.29 is 24.2 Å². The van der Waals surface area contributed by atoms with Gasteiger partial charge in [0.1, 0.15) is 0 Å². The minimum atomic E-state index is -1.10. The molecule has 7 nitrogen and oxygen atoms in total. The van der Waals surface area contributed by atoms with Gasteiger partial charge in [-0.05, 0) is 75.7 Å². The van der Waals surface area contributed by atoms with Crippen molar-refractivity contribution in [2.75, 3.05) is 13.7 Å². The second-order valence-corrected chi connectivity index (χ2v) is 8.00. The fourth-order valence-corrected chi connectivity index (χ4v) is 3.90. The van der Waals surface area contributed by atoms with Gasteiger partial charge in [-0.25, -0.2) is 9.79 Å². The van der Waals surface area contributed by atoms with Crippen LogP contribution in [0, 0.1) is 0 Å². The van der Waals surface area contributed by atoms with Gasteiger partial charge in [-0.15, -0.1) is 0 Å². The van der Waals surface area contributed by atoms with Gasteiger partial charge in [-0.3, -0.25) is 4.79 Å². The van der Waals surface area contributed by atoms with Crippen LogP contribution in [0.4, 0.5) is 5.69 Å². The maximum atomic E-state index is 12.3. The van der Waals surface area contributed by atoms with Gasteiger partial charge in [0, 0.05) is 5.02 Å². The highest BCUT2D eigenvalue weighted by molar-refractivity contribution is 9.10.